The molecule has 2 aliphatic rings. The Balaban J connectivity index is 0.859. The van der Waals surface area contributed by atoms with Gasteiger partial charge in [-0.1, -0.05) is 12.1 Å². The van der Waals surface area contributed by atoms with Crippen LogP contribution in [0.2, 0.25) is 0 Å². The van der Waals surface area contributed by atoms with Crippen molar-refractivity contribution in [2.24, 2.45) is 0 Å². The third kappa shape index (κ3) is 5.47. The highest BCUT2D eigenvalue weighted by Gasteiger charge is 2.44. The number of fused-ring (bicyclic) bond motifs is 4. The Labute approximate surface area is 256 Å². The summed E-state index contributed by atoms with van der Waals surface area (Å²) in [7, 11) is 0. The molecular formula is C33H27N5O7. The standard InChI is InChI=1S/C33H27N5O7/c39-29-7-6-28(31(40)37-29)38-32(41)23-5-3-21(16-24(23)33(38)42)44-13-11-43-12-14-45-30-8-2-20(17-35-30)19-1-4-22-25-18-34-10-9-26(25)36-27(22)15-19/h1-5,8-10,15-18,28,36H,6-7,11-14H2,(H,37,39,40). The molecule has 1 unspecified atom stereocenters. The number of piperidine rings is 1. The minimum absolute atomic E-state index is 0.0640. The summed E-state index contributed by atoms with van der Waals surface area (Å²) in [6.45, 7) is 1.10. The lowest BCUT2D eigenvalue weighted by Crippen LogP contribution is -2.54. The number of hydrogen-bond donors (Lipinski definition) is 2. The number of benzene rings is 2. The SMILES string of the molecule is O=C1CCC(N2C(=O)c3ccc(OCCOCCOc4ccc(-c5ccc6c(c5)[nH]c5ccncc56)cn4)cc3C2=O)C(=O)N1. The van der Waals surface area contributed by atoms with Crippen LogP contribution in [0.5, 0.6) is 11.6 Å². The van der Waals surface area contributed by atoms with Gasteiger partial charge in [-0.2, -0.15) is 0 Å². The molecule has 2 aromatic carbocycles. The average Bonchev–Trinajstić information content (AvgIpc) is 3.54. The van der Waals surface area contributed by atoms with Crippen molar-refractivity contribution >= 4 is 45.4 Å². The Morgan fingerprint density at radius 1 is 0.778 bits per heavy atom. The topological polar surface area (TPSA) is 153 Å². The molecule has 0 bridgehead atoms. The Kier molecular flexibility index (Phi) is 7.39. The number of hydrogen-bond acceptors (Lipinski definition) is 9. The van der Waals surface area contributed by atoms with Crippen molar-refractivity contribution in [1.29, 1.82) is 0 Å². The van der Waals surface area contributed by atoms with Crippen LogP contribution in [-0.2, 0) is 14.3 Å². The van der Waals surface area contributed by atoms with Gasteiger partial charge in [0, 0.05) is 58.4 Å². The van der Waals surface area contributed by atoms with Crippen molar-refractivity contribution in [3.63, 3.8) is 0 Å². The first-order valence-electron chi connectivity index (χ1n) is 14.5. The fraction of sp³-hybridized carbons (Fsp3) is 0.212. The molecule has 2 N–H and O–H groups in total. The zero-order valence-electron chi connectivity index (χ0n) is 23.9. The zero-order chi connectivity index (χ0) is 30.9. The lowest BCUT2D eigenvalue weighted by Gasteiger charge is -2.27. The van der Waals surface area contributed by atoms with Crippen LogP contribution in [0, 0.1) is 0 Å². The van der Waals surface area contributed by atoms with Gasteiger partial charge in [-0.05, 0) is 48.4 Å². The van der Waals surface area contributed by atoms with E-state index in [0.29, 0.717) is 24.8 Å². The second kappa shape index (κ2) is 11.8. The number of H-pyrrole nitrogens is 1. The number of carbonyl (C=O) groups excluding carboxylic acids is 4. The van der Waals surface area contributed by atoms with Crippen LogP contribution in [0.1, 0.15) is 33.6 Å². The van der Waals surface area contributed by atoms with Crippen LogP contribution in [0.3, 0.4) is 0 Å². The molecule has 0 aliphatic carbocycles. The highest BCUT2D eigenvalue weighted by atomic mass is 16.5. The summed E-state index contributed by atoms with van der Waals surface area (Å²) >= 11 is 0. The van der Waals surface area contributed by atoms with Gasteiger partial charge in [-0.3, -0.25) is 34.4 Å². The van der Waals surface area contributed by atoms with Gasteiger partial charge < -0.3 is 19.2 Å². The van der Waals surface area contributed by atoms with E-state index >= 15 is 0 Å². The van der Waals surface area contributed by atoms with Gasteiger partial charge in [-0.15, -0.1) is 0 Å². The van der Waals surface area contributed by atoms with Gasteiger partial charge in [-0.25, -0.2) is 4.98 Å². The number of rotatable bonds is 10. The smallest absolute Gasteiger partial charge is 0.262 e. The van der Waals surface area contributed by atoms with Crippen molar-refractivity contribution < 1.29 is 33.4 Å². The molecule has 1 saturated heterocycles. The van der Waals surface area contributed by atoms with Gasteiger partial charge >= 0.3 is 0 Å². The molecule has 2 aliphatic heterocycles. The van der Waals surface area contributed by atoms with E-state index in [9.17, 15) is 19.2 Å². The number of carbonyl (C=O) groups is 4. The van der Waals surface area contributed by atoms with Crippen LogP contribution < -0.4 is 14.8 Å². The fourth-order valence-corrected chi connectivity index (χ4v) is 5.63. The van der Waals surface area contributed by atoms with Crippen molar-refractivity contribution in [1.82, 2.24) is 25.2 Å². The molecule has 0 radical (unpaired) electrons. The maximum absolute atomic E-state index is 13.0. The molecule has 226 valence electrons. The lowest BCUT2D eigenvalue weighted by molar-refractivity contribution is -0.136. The van der Waals surface area contributed by atoms with E-state index < -0.39 is 29.7 Å². The highest BCUT2D eigenvalue weighted by Crippen LogP contribution is 2.31. The minimum atomic E-state index is -1.01. The molecule has 5 heterocycles. The van der Waals surface area contributed by atoms with Crippen molar-refractivity contribution in [3.8, 4) is 22.8 Å². The Hall–Kier alpha value is -5.62. The maximum atomic E-state index is 13.0. The number of ether oxygens (including phenoxy) is 3. The summed E-state index contributed by atoms with van der Waals surface area (Å²) in [5.41, 5.74) is 4.44. The maximum Gasteiger partial charge on any atom is 0.262 e. The largest absolute Gasteiger partial charge is 0.491 e. The van der Waals surface area contributed by atoms with Crippen LogP contribution in [0.4, 0.5) is 0 Å². The van der Waals surface area contributed by atoms with Crippen LogP contribution in [0.15, 0.2) is 73.2 Å². The summed E-state index contributed by atoms with van der Waals surface area (Å²) in [4.78, 5) is 62.5. The third-order valence-corrected chi connectivity index (χ3v) is 7.86. The fourth-order valence-electron chi connectivity index (χ4n) is 5.63. The molecule has 1 fully saturated rings. The van der Waals surface area contributed by atoms with Crippen molar-refractivity contribution in [2.75, 3.05) is 26.4 Å². The molecule has 12 nitrogen and oxygen atoms in total. The number of aromatic amines is 1. The zero-order valence-corrected chi connectivity index (χ0v) is 23.9. The van der Waals surface area contributed by atoms with E-state index in [1.165, 1.54) is 12.1 Å². The second-order valence-corrected chi connectivity index (χ2v) is 10.7. The number of nitrogens with zero attached hydrogens (tertiary/aromatic N) is 3. The first-order chi connectivity index (χ1) is 22.0. The molecule has 12 heteroatoms. The Morgan fingerprint density at radius 2 is 1.60 bits per heavy atom. The molecule has 5 aromatic rings. The number of aromatic nitrogens is 3. The van der Waals surface area contributed by atoms with Gasteiger partial charge in [0.15, 0.2) is 0 Å². The molecular weight excluding hydrogens is 578 g/mol. The van der Waals surface area contributed by atoms with Crippen LogP contribution in [0.25, 0.3) is 32.9 Å². The van der Waals surface area contributed by atoms with E-state index in [0.717, 1.165) is 37.8 Å². The van der Waals surface area contributed by atoms with Crippen molar-refractivity contribution in [3.05, 3.63) is 84.3 Å². The number of pyridine rings is 2. The first kappa shape index (κ1) is 28.2. The summed E-state index contributed by atoms with van der Waals surface area (Å²) in [5, 5.41) is 4.40. The van der Waals surface area contributed by atoms with Gasteiger partial charge in [0.1, 0.15) is 25.0 Å². The van der Waals surface area contributed by atoms with Gasteiger partial charge in [0.05, 0.1) is 24.3 Å². The minimum Gasteiger partial charge on any atom is -0.491 e. The number of nitrogens with one attached hydrogen (secondary N) is 2. The molecule has 0 saturated carbocycles. The molecule has 4 amide bonds. The molecule has 7 rings (SSSR count). The summed E-state index contributed by atoms with van der Waals surface area (Å²) in [6, 6.07) is 15.5. The third-order valence-electron chi connectivity index (χ3n) is 7.86. The van der Waals surface area contributed by atoms with Crippen LogP contribution in [-0.4, -0.2) is 75.9 Å². The predicted molar refractivity (Wildman–Crippen MR) is 162 cm³/mol. The predicted octanol–water partition coefficient (Wildman–Crippen LogP) is 3.65. The summed E-state index contributed by atoms with van der Waals surface area (Å²) < 4.78 is 17.0. The number of imide groups is 2. The molecule has 1 atom stereocenters. The van der Waals surface area contributed by atoms with E-state index in [1.54, 1.807) is 18.5 Å². The van der Waals surface area contributed by atoms with Gasteiger partial charge in [0.25, 0.3) is 11.8 Å². The van der Waals surface area contributed by atoms with Gasteiger partial charge in [0.2, 0.25) is 17.7 Å². The average molecular weight is 606 g/mol. The van der Waals surface area contributed by atoms with E-state index in [2.05, 4.69) is 38.5 Å². The second-order valence-electron chi connectivity index (χ2n) is 10.7. The Bertz CT molecular complexity index is 1970. The quantitative estimate of drug-likeness (QED) is 0.179. The number of amides is 4. The molecule has 0 spiro atoms. The highest BCUT2D eigenvalue weighted by molar-refractivity contribution is 6.23. The normalized spacial score (nSPS) is 16.4. The van der Waals surface area contributed by atoms with E-state index in [-0.39, 0.29) is 37.2 Å². The van der Waals surface area contributed by atoms with E-state index in [4.69, 9.17) is 14.2 Å². The molecule has 3 aromatic heterocycles. The summed E-state index contributed by atoms with van der Waals surface area (Å²) in [6.07, 6.45) is 5.57. The first-order valence-corrected chi connectivity index (χ1v) is 14.5. The lowest BCUT2D eigenvalue weighted by atomic mass is 10.0. The van der Waals surface area contributed by atoms with Crippen molar-refractivity contribution in [2.45, 2.75) is 18.9 Å². The monoisotopic (exact) mass is 605 g/mol. The Morgan fingerprint density at radius 3 is 2.42 bits per heavy atom. The van der Waals surface area contributed by atoms with E-state index in [1.807, 2.05) is 24.4 Å². The summed E-state index contributed by atoms with van der Waals surface area (Å²) in [5.74, 6) is -1.34. The molecule has 45 heavy (non-hydrogen) atoms. The van der Waals surface area contributed by atoms with Crippen LogP contribution >= 0.6 is 0 Å².